The van der Waals surface area contributed by atoms with Gasteiger partial charge in [0.2, 0.25) is 11.6 Å². The van der Waals surface area contributed by atoms with Gasteiger partial charge in [-0.05, 0) is 24.3 Å². The lowest BCUT2D eigenvalue weighted by molar-refractivity contribution is 0.0422. The number of cyclic esters (lactones) is 4. The molecule has 0 radical (unpaired) electrons. The minimum Gasteiger partial charge on any atom is -0.453 e. The fourth-order valence-corrected chi connectivity index (χ4v) is 3.43. The van der Waals surface area contributed by atoms with Gasteiger partial charge >= 0.3 is 23.9 Å². The van der Waals surface area contributed by atoms with E-state index in [0.29, 0.717) is 0 Å². The average Bonchev–Trinajstić information content (AvgIpc) is 3.31. The molecule has 0 fully saturated rings. The molecule has 0 saturated carbocycles. The van der Waals surface area contributed by atoms with E-state index >= 15 is 0 Å². The van der Waals surface area contributed by atoms with E-state index in [4.69, 9.17) is 9.47 Å². The summed E-state index contributed by atoms with van der Waals surface area (Å²) in [5.41, 5.74) is -4.34. The lowest BCUT2D eigenvalue weighted by Crippen LogP contribution is -2.07. The Balaban J connectivity index is 1.50. The van der Waals surface area contributed by atoms with Gasteiger partial charge in [0, 0.05) is 0 Å². The molecule has 0 N–H and O–H groups in total. The van der Waals surface area contributed by atoms with Crippen molar-refractivity contribution in [3.05, 3.63) is 81.4 Å². The van der Waals surface area contributed by atoms with E-state index in [1.807, 2.05) is 0 Å². The molecule has 5 rings (SSSR count). The Bertz CT molecular complexity index is 1450. The standard InChI is InChI=1S/C22H4F6O8/c23-11-7-9(21(31)35-19(7)29)17(15(27)13(11)25)33-5-1-2-6(4-3-5)34-18-10-8(20(30)36-22(10)32)12(24)14(26)16(18)28/h1-4H. The van der Waals surface area contributed by atoms with Crippen LogP contribution in [-0.2, 0) is 9.47 Å². The van der Waals surface area contributed by atoms with Crippen LogP contribution >= 0.6 is 0 Å². The fourth-order valence-electron chi connectivity index (χ4n) is 3.43. The number of carbonyl (C=O) groups excluding carboxylic acids is 4. The summed E-state index contributed by atoms with van der Waals surface area (Å²) in [5, 5.41) is 0. The van der Waals surface area contributed by atoms with Crippen molar-refractivity contribution in [2.24, 2.45) is 0 Å². The Kier molecular flexibility index (Phi) is 4.98. The van der Waals surface area contributed by atoms with Crippen LogP contribution in [0.3, 0.4) is 0 Å². The molecule has 3 aromatic carbocycles. The van der Waals surface area contributed by atoms with Crippen LogP contribution in [0, 0.1) is 34.9 Å². The predicted octanol–water partition coefficient (Wildman–Crippen LogP) is 4.73. The molecular weight excluding hydrogens is 506 g/mol. The van der Waals surface area contributed by atoms with Gasteiger partial charge in [0.1, 0.15) is 33.8 Å². The largest absolute Gasteiger partial charge is 0.453 e. The van der Waals surface area contributed by atoms with E-state index in [2.05, 4.69) is 9.47 Å². The molecule has 0 amide bonds. The Morgan fingerprint density at radius 2 is 0.750 bits per heavy atom. The number of rotatable bonds is 4. The first-order valence-electron chi connectivity index (χ1n) is 9.40. The van der Waals surface area contributed by atoms with Gasteiger partial charge in [-0.15, -0.1) is 0 Å². The zero-order valence-electron chi connectivity index (χ0n) is 16.8. The second-order valence-corrected chi connectivity index (χ2v) is 7.07. The van der Waals surface area contributed by atoms with Crippen LogP contribution in [0.4, 0.5) is 26.3 Å². The van der Waals surface area contributed by atoms with Crippen molar-refractivity contribution in [2.45, 2.75) is 0 Å². The van der Waals surface area contributed by atoms with Crippen molar-refractivity contribution in [1.29, 1.82) is 0 Å². The summed E-state index contributed by atoms with van der Waals surface area (Å²) in [6, 6.07) is 3.86. The molecule has 0 aliphatic carbocycles. The molecule has 2 aliphatic heterocycles. The first-order chi connectivity index (χ1) is 17.0. The number of carbonyl (C=O) groups is 4. The molecule has 14 heteroatoms. The minimum absolute atomic E-state index is 0.354. The van der Waals surface area contributed by atoms with Crippen molar-refractivity contribution in [1.82, 2.24) is 0 Å². The Labute approximate surface area is 193 Å². The monoisotopic (exact) mass is 510 g/mol. The summed E-state index contributed by atoms with van der Waals surface area (Å²) in [5.74, 6) is -21.2. The molecule has 0 saturated heterocycles. The summed E-state index contributed by atoms with van der Waals surface area (Å²) in [7, 11) is 0. The summed E-state index contributed by atoms with van der Waals surface area (Å²) in [6.45, 7) is 0. The molecule has 0 aromatic heterocycles. The van der Waals surface area contributed by atoms with Crippen molar-refractivity contribution in [3.63, 3.8) is 0 Å². The third-order valence-corrected chi connectivity index (χ3v) is 5.01. The molecule has 3 aromatic rings. The van der Waals surface area contributed by atoms with Gasteiger partial charge in [0.15, 0.2) is 34.8 Å². The van der Waals surface area contributed by atoms with Gasteiger partial charge in [-0.3, -0.25) is 0 Å². The lowest BCUT2D eigenvalue weighted by Gasteiger charge is -2.13. The van der Waals surface area contributed by atoms with E-state index in [-0.39, 0.29) is 11.5 Å². The van der Waals surface area contributed by atoms with Gasteiger partial charge in [-0.2, -0.15) is 8.78 Å². The Morgan fingerprint density at radius 3 is 1.08 bits per heavy atom. The highest BCUT2D eigenvalue weighted by Crippen LogP contribution is 2.41. The van der Waals surface area contributed by atoms with Crippen LogP contribution in [0.5, 0.6) is 23.0 Å². The smallest absolute Gasteiger partial charge is 0.350 e. The third-order valence-electron chi connectivity index (χ3n) is 5.01. The predicted molar refractivity (Wildman–Crippen MR) is 98.7 cm³/mol. The summed E-state index contributed by atoms with van der Waals surface area (Å²) < 4.78 is 103. The molecule has 0 atom stereocenters. The van der Waals surface area contributed by atoms with Crippen LogP contribution in [0.1, 0.15) is 41.4 Å². The highest BCUT2D eigenvalue weighted by Gasteiger charge is 2.42. The first kappa shape index (κ1) is 22.9. The second-order valence-electron chi connectivity index (χ2n) is 7.07. The molecule has 0 bridgehead atoms. The summed E-state index contributed by atoms with van der Waals surface area (Å²) >= 11 is 0. The molecule has 2 heterocycles. The maximum absolute atomic E-state index is 14.3. The minimum atomic E-state index is -2.11. The number of esters is 4. The number of fused-ring (bicyclic) bond motifs is 2. The lowest BCUT2D eigenvalue weighted by atomic mass is 10.1. The highest BCUT2D eigenvalue weighted by molar-refractivity contribution is 6.17. The van der Waals surface area contributed by atoms with Crippen LogP contribution in [0.2, 0.25) is 0 Å². The van der Waals surface area contributed by atoms with Crippen LogP contribution in [0.25, 0.3) is 0 Å². The van der Waals surface area contributed by atoms with Crippen LogP contribution in [0.15, 0.2) is 24.3 Å². The van der Waals surface area contributed by atoms with Crippen LogP contribution < -0.4 is 9.47 Å². The molecular formula is C22H4F6O8. The zero-order chi connectivity index (χ0) is 26.0. The number of halogens is 6. The molecule has 8 nitrogen and oxygen atoms in total. The number of ether oxygens (including phenoxy) is 4. The van der Waals surface area contributed by atoms with Gasteiger partial charge in [-0.25, -0.2) is 36.7 Å². The van der Waals surface area contributed by atoms with Gasteiger partial charge in [-0.1, -0.05) is 0 Å². The Hall–Kier alpha value is -4.88. The second kappa shape index (κ2) is 7.83. The Morgan fingerprint density at radius 1 is 0.444 bits per heavy atom. The number of hydrogen-bond donors (Lipinski definition) is 0. The summed E-state index contributed by atoms with van der Waals surface area (Å²) in [4.78, 5) is 46.9. The molecule has 0 unspecified atom stereocenters. The SMILES string of the molecule is O=C1OC(=O)c2c(Oc3ccc(Oc4c(F)c(F)c(F)c5c4C(=O)OC5=O)cc3)c(F)c(F)c(F)c21. The van der Waals surface area contributed by atoms with Crippen molar-refractivity contribution in [3.8, 4) is 23.0 Å². The van der Waals surface area contributed by atoms with E-state index in [1.165, 1.54) is 0 Å². The molecule has 182 valence electrons. The van der Waals surface area contributed by atoms with Crippen molar-refractivity contribution < 1.29 is 64.5 Å². The van der Waals surface area contributed by atoms with E-state index in [1.54, 1.807) is 0 Å². The van der Waals surface area contributed by atoms with E-state index < -0.39 is 92.5 Å². The quantitative estimate of drug-likeness (QED) is 0.215. The average molecular weight is 510 g/mol. The number of hydrogen-bond acceptors (Lipinski definition) is 8. The van der Waals surface area contributed by atoms with Crippen LogP contribution in [-0.4, -0.2) is 23.9 Å². The third kappa shape index (κ3) is 3.18. The van der Waals surface area contributed by atoms with Gasteiger partial charge < -0.3 is 18.9 Å². The highest BCUT2D eigenvalue weighted by atomic mass is 19.2. The topological polar surface area (TPSA) is 105 Å². The zero-order valence-corrected chi connectivity index (χ0v) is 16.8. The fraction of sp³-hybridized carbons (Fsp3) is 0. The maximum atomic E-state index is 14.3. The molecule has 36 heavy (non-hydrogen) atoms. The molecule has 0 spiro atoms. The normalized spacial score (nSPS) is 13.9. The van der Waals surface area contributed by atoms with E-state index in [9.17, 15) is 45.5 Å². The van der Waals surface area contributed by atoms with E-state index in [0.717, 1.165) is 24.3 Å². The maximum Gasteiger partial charge on any atom is 0.350 e. The first-order valence-corrected chi connectivity index (χ1v) is 9.40. The number of benzene rings is 3. The van der Waals surface area contributed by atoms with Crippen molar-refractivity contribution >= 4 is 23.9 Å². The van der Waals surface area contributed by atoms with Crippen molar-refractivity contribution in [2.75, 3.05) is 0 Å². The van der Waals surface area contributed by atoms with Gasteiger partial charge in [0.25, 0.3) is 0 Å². The summed E-state index contributed by atoms with van der Waals surface area (Å²) in [6.07, 6.45) is 0. The van der Waals surface area contributed by atoms with Gasteiger partial charge in [0.05, 0.1) is 0 Å². The molecule has 2 aliphatic rings.